The first-order valence-electron chi connectivity index (χ1n) is 6.61. The van der Waals surface area contributed by atoms with Crippen LogP contribution in [0.15, 0.2) is 47.6 Å². The third-order valence-electron chi connectivity index (χ3n) is 3.35. The van der Waals surface area contributed by atoms with Crippen LogP contribution in [-0.2, 0) is 13.1 Å². The van der Waals surface area contributed by atoms with E-state index in [4.69, 9.17) is 11.6 Å². The number of hydrogen-bond acceptors (Lipinski definition) is 3. The molecule has 4 heteroatoms. The Morgan fingerprint density at radius 2 is 2.15 bits per heavy atom. The summed E-state index contributed by atoms with van der Waals surface area (Å²) < 4.78 is 0. The predicted molar refractivity (Wildman–Crippen MR) is 84.2 cm³/mol. The maximum absolute atomic E-state index is 6.06. The van der Waals surface area contributed by atoms with Crippen molar-refractivity contribution in [1.82, 2.24) is 5.43 Å². The van der Waals surface area contributed by atoms with Gasteiger partial charge in [0.1, 0.15) is 0 Å². The number of nitrogens with zero attached hydrogens (tertiary/aromatic N) is 1. The third kappa shape index (κ3) is 2.78. The summed E-state index contributed by atoms with van der Waals surface area (Å²) in [6, 6.07) is 14.7. The Morgan fingerprint density at radius 3 is 3.00 bits per heavy atom. The molecular weight excluding hydrogens is 270 g/mol. The maximum atomic E-state index is 6.06. The number of hydrogen-bond donors (Lipinski definition) is 2. The van der Waals surface area contributed by atoms with E-state index in [9.17, 15) is 0 Å². The van der Waals surface area contributed by atoms with E-state index in [1.807, 2.05) is 12.1 Å². The molecule has 2 N–H and O–H groups in total. The van der Waals surface area contributed by atoms with Crippen molar-refractivity contribution in [3.63, 3.8) is 0 Å². The summed E-state index contributed by atoms with van der Waals surface area (Å²) in [5.74, 6) is 0. The van der Waals surface area contributed by atoms with Crippen LogP contribution >= 0.6 is 11.6 Å². The summed E-state index contributed by atoms with van der Waals surface area (Å²) in [4.78, 5) is 0. The maximum Gasteiger partial charge on any atom is 0.156 e. The molecule has 2 aromatic carbocycles. The summed E-state index contributed by atoms with van der Waals surface area (Å²) in [6.45, 7) is 3.64. The lowest BCUT2D eigenvalue weighted by molar-refractivity contribution is 0.733. The van der Waals surface area contributed by atoms with Crippen molar-refractivity contribution >= 4 is 22.5 Å². The molecule has 20 heavy (non-hydrogen) atoms. The lowest BCUT2D eigenvalue weighted by Crippen LogP contribution is -2.17. The lowest BCUT2D eigenvalue weighted by Gasteiger charge is -2.16. The smallest absolute Gasteiger partial charge is 0.156 e. The summed E-state index contributed by atoms with van der Waals surface area (Å²) in [7, 11) is 0. The van der Waals surface area contributed by atoms with Gasteiger partial charge in [0.25, 0.3) is 0 Å². The number of benzene rings is 2. The van der Waals surface area contributed by atoms with Crippen molar-refractivity contribution in [3.05, 3.63) is 64.7 Å². The SMILES string of the molecule is Cc1cccc(CNc2ccc3c(c2)CNN=C3Cl)c1. The van der Waals surface area contributed by atoms with Gasteiger partial charge in [0, 0.05) is 17.8 Å². The number of halogens is 1. The molecule has 0 saturated heterocycles. The fourth-order valence-corrected chi connectivity index (χ4v) is 2.58. The summed E-state index contributed by atoms with van der Waals surface area (Å²) in [5, 5.41) is 7.98. The van der Waals surface area contributed by atoms with E-state index in [-0.39, 0.29) is 0 Å². The van der Waals surface area contributed by atoms with Gasteiger partial charge in [-0.1, -0.05) is 41.4 Å². The van der Waals surface area contributed by atoms with Gasteiger partial charge in [-0.2, -0.15) is 5.10 Å². The number of hydrazone groups is 1. The molecule has 0 radical (unpaired) electrons. The molecule has 0 aromatic heterocycles. The number of aryl methyl sites for hydroxylation is 1. The van der Waals surface area contributed by atoms with Crippen LogP contribution in [0.4, 0.5) is 5.69 Å². The quantitative estimate of drug-likeness (QED) is 0.904. The van der Waals surface area contributed by atoms with Gasteiger partial charge < -0.3 is 10.7 Å². The molecule has 0 spiro atoms. The Balaban J connectivity index is 1.74. The molecule has 2 aromatic rings. The Bertz CT molecular complexity index is 665. The van der Waals surface area contributed by atoms with Crippen molar-refractivity contribution in [3.8, 4) is 0 Å². The molecule has 0 atom stereocenters. The van der Waals surface area contributed by atoms with Gasteiger partial charge >= 0.3 is 0 Å². The molecule has 3 rings (SSSR count). The van der Waals surface area contributed by atoms with Crippen LogP contribution in [-0.4, -0.2) is 5.17 Å². The van der Waals surface area contributed by atoms with Crippen LogP contribution < -0.4 is 10.7 Å². The number of rotatable bonds is 3. The molecule has 3 nitrogen and oxygen atoms in total. The average Bonchev–Trinajstić information content (AvgIpc) is 2.45. The number of anilines is 1. The van der Waals surface area contributed by atoms with Crippen LogP contribution in [0.2, 0.25) is 0 Å². The second kappa shape index (κ2) is 5.55. The third-order valence-corrected chi connectivity index (χ3v) is 3.64. The second-order valence-corrected chi connectivity index (χ2v) is 5.31. The van der Waals surface area contributed by atoms with Crippen molar-refractivity contribution < 1.29 is 0 Å². The van der Waals surface area contributed by atoms with E-state index in [0.717, 1.165) is 17.8 Å². The van der Waals surface area contributed by atoms with Crippen LogP contribution in [0.25, 0.3) is 0 Å². The van der Waals surface area contributed by atoms with E-state index in [1.165, 1.54) is 16.7 Å². The van der Waals surface area contributed by atoms with Crippen molar-refractivity contribution in [2.75, 3.05) is 5.32 Å². The van der Waals surface area contributed by atoms with Crippen LogP contribution in [0.3, 0.4) is 0 Å². The zero-order valence-electron chi connectivity index (χ0n) is 11.3. The molecule has 102 valence electrons. The molecule has 1 aliphatic rings. The molecule has 0 fully saturated rings. The highest BCUT2D eigenvalue weighted by molar-refractivity contribution is 6.69. The fraction of sp³-hybridized carbons (Fsp3) is 0.188. The Labute approximate surface area is 123 Å². The second-order valence-electron chi connectivity index (χ2n) is 4.95. The van der Waals surface area contributed by atoms with Crippen LogP contribution in [0.5, 0.6) is 0 Å². The average molecular weight is 286 g/mol. The molecule has 0 unspecified atom stereocenters. The minimum absolute atomic E-state index is 0.525. The standard InChI is InChI=1S/C16H16ClN3/c1-11-3-2-4-12(7-11)9-18-14-5-6-15-13(8-14)10-19-20-16(15)17/h2-8,18-19H,9-10H2,1H3. The Hall–Kier alpha value is -2.00. The molecule has 1 aliphatic heterocycles. The fourth-order valence-electron chi connectivity index (χ4n) is 2.33. The van der Waals surface area contributed by atoms with Gasteiger partial charge in [-0.25, -0.2) is 0 Å². The predicted octanol–water partition coefficient (Wildman–Crippen LogP) is 3.61. The van der Waals surface area contributed by atoms with Gasteiger partial charge in [-0.15, -0.1) is 0 Å². The summed E-state index contributed by atoms with van der Waals surface area (Å²) >= 11 is 6.06. The highest BCUT2D eigenvalue weighted by Gasteiger charge is 2.12. The van der Waals surface area contributed by atoms with Crippen molar-refractivity contribution in [2.24, 2.45) is 5.10 Å². The molecule has 0 saturated carbocycles. The van der Waals surface area contributed by atoms with E-state index in [0.29, 0.717) is 11.7 Å². The monoisotopic (exact) mass is 285 g/mol. The van der Waals surface area contributed by atoms with E-state index < -0.39 is 0 Å². The normalized spacial score (nSPS) is 13.2. The molecule has 0 aliphatic carbocycles. The highest BCUT2D eigenvalue weighted by Crippen LogP contribution is 2.21. The van der Waals surface area contributed by atoms with Gasteiger partial charge in [0.2, 0.25) is 0 Å². The zero-order valence-corrected chi connectivity index (χ0v) is 12.0. The first-order chi connectivity index (χ1) is 9.72. The van der Waals surface area contributed by atoms with Gasteiger partial charge in [-0.05, 0) is 36.2 Å². The van der Waals surface area contributed by atoms with Crippen LogP contribution in [0.1, 0.15) is 22.3 Å². The minimum atomic E-state index is 0.525. The van der Waals surface area contributed by atoms with Gasteiger partial charge in [0.05, 0.1) is 6.54 Å². The molecular formula is C16H16ClN3. The van der Waals surface area contributed by atoms with Crippen LogP contribution in [0, 0.1) is 6.92 Å². The molecule has 1 heterocycles. The number of fused-ring (bicyclic) bond motifs is 1. The Kier molecular flexibility index (Phi) is 3.61. The van der Waals surface area contributed by atoms with Gasteiger partial charge in [0.15, 0.2) is 5.17 Å². The first kappa shape index (κ1) is 13.0. The summed E-state index contributed by atoms with van der Waals surface area (Å²) in [5.41, 5.74) is 8.75. The van der Waals surface area contributed by atoms with Crippen molar-refractivity contribution in [2.45, 2.75) is 20.0 Å². The van der Waals surface area contributed by atoms with Gasteiger partial charge in [-0.3, -0.25) is 0 Å². The Morgan fingerprint density at radius 1 is 1.25 bits per heavy atom. The van der Waals surface area contributed by atoms with Crippen molar-refractivity contribution in [1.29, 1.82) is 0 Å². The van der Waals surface area contributed by atoms with E-state index in [2.05, 4.69) is 53.1 Å². The van der Waals surface area contributed by atoms with E-state index in [1.54, 1.807) is 0 Å². The topological polar surface area (TPSA) is 36.4 Å². The first-order valence-corrected chi connectivity index (χ1v) is 6.99. The number of nitrogens with one attached hydrogen (secondary N) is 2. The molecule has 0 amide bonds. The van der Waals surface area contributed by atoms with E-state index >= 15 is 0 Å². The largest absolute Gasteiger partial charge is 0.381 e. The molecule has 0 bridgehead atoms. The highest BCUT2D eigenvalue weighted by atomic mass is 35.5. The summed E-state index contributed by atoms with van der Waals surface area (Å²) in [6.07, 6.45) is 0. The zero-order chi connectivity index (χ0) is 13.9. The minimum Gasteiger partial charge on any atom is -0.381 e. The lowest BCUT2D eigenvalue weighted by atomic mass is 10.1.